The van der Waals surface area contributed by atoms with E-state index in [-0.39, 0.29) is 28.3 Å². The number of aliphatic carboxylic acids is 2. The van der Waals surface area contributed by atoms with Gasteiger partial charge in [0, 0.05) is 50.4 Å². The van der Waals surface area contributed by atoms with Crippen LogP contribution in [0.15, 0.2) is 90.6 Å². The van der Waals surface area contributed by atoms with E-state index in [0.717, 1.165) is 42.8 Å². The number of allylic oxidation sites excluding steroid dienone is 3. The molecule has 0 saturated carbocycles. The van der Waals surface area contributed by atoms with Crippen LogP contribution in [0.1, 0.15) is 40.7 Å². The van der Waals surface area contributed by atoms with Crippen molar-refractivity contribution in [2.75, 3.05) is 33.2 Å². The SMILES string of the molecule is CN(CC(CC[NH+]1CCC2(CC1)c1ccccc1CS2(=O)=O)C1=CC(Cl)C(Cl)C=C1)C(=O)c1ccccc1.O=C([O-])/C=C/C(=O)O. The van der Waals surface area contributed by atoms with Gasteiger partial charge in [-0.3, -0.25) is 4.79 Å². The van der Waals surface area contributed by atoms with E-state index in [9.17, 15) is 27.9 Å². The lowest BCUT2D eigenvalue weighted by atomic mass is 9.85. The molecule has 1 fully saturated rings. The minimum Gasteiger partial charge on any atom is -0.545 e. The highest BCUT2D eigenvalue weighted by Gasteiger charge is 2.53. The average Bonchev–Trinajstić information content (AvgIpc) is 3.25. The largest absolute Gasteiger partial charge is 0.545 e. The Morgan fingerprint density at radius 2 is 1.70 bits per heavy atom. The Balaban J connectivity index is 0.000000533. The molecule has 1 aliphatic carbocycles. The number of likely N-dealkylation sites (tertiary alicyclic amines) is 1. The first-order valence-corrected chi connectivity index (χ1v) is 17.6. The number of alkyl halides is 2. The third kappa shape index (κ3) is 8.47. The molecule has 12 heteroatoms. The molecule has 2 aliphatic heterocycles. The Morgan fingerprint density at radius 3 is 2.30 bits per heavy atom. The van der Waals surface area contributed by atoms with Gasteiger partial charge in [0.05, 0.1) is 42.1 Å². The molecular formula is C34H38Cl2N2O7S. The molecule has 246 valence electrons. The highest BCUT2D eigenvalue weighted by Crippen LogP contribution is 2.47. The van der Waals surface area contributed by atoms with Crippen LogP contribution in [0.5, 0.6) is 0 Å². The molecule has 2 aromatic carbocycles. The van der Waals surface area contributed by atoms with Crippen LogP contribution in [0.25, 0.3) is 0 Å². The Bertz CT molecular complexity index is 1600. The fourth-order valence-corrected chi connectivity index (χ4v) is 9.12. The van der Waals surface area contributed by atoms with Crippen molar-refractivity contribution in [3.05, 3.63) is 107 Å². The molecule has 0 bridgehead atoms. The van der Waals surface area contributed by atoms with Crippen molar-refractivity contribution in [3.63, 3.8) is 0 Å². The van der Waals surface area contributed by atoms with E-state index in [2.05, 4.69) is 0 Å². The van der Waals surface area contributed by atoms with Crippen LogP contribution in [0.3, 0.4) is 0 Å². The fraction of sp³-hybridized carbons (Fsp3) is 0.382. The van der Waals surface area contributed by atoms with Gasteiger partial charge in [-0.1, -0.05) is 60.7 Å². The highest BCUT2D eigenvalue weighted by atomic mass is 35.5. The molecule has 2 N–H and O–H groups in total. The zero-order valence-electron chi connectivity index (χ0n) is 25.5. The van der Waals surface area contributed by atoms with Gasteiger partial charge < -0.3 is 24.8 Å². The smallest absolute Gasteiger partial charge is 0.328 e. The quantitative estimate of drug-likeness (QED) is 0.305. The number of carbonyl (C=O) groups is 3. The summed E-state index contributed by atoms with van der Waals surface area (Å²) in [6.07, 6.45) is 9.11. The molecule has 3 aliphatic rings. The second-order valence-electron chi connectivity index (χ2n) is 11.9. The van der Waals surface area contributed by atoms with Crippen LogP contribution in [0.4, 0.5) is 0 Å². The van der Waals surface area contributed by atoms with Crippen LogP contribution < -0.4 is 10.0 Å². The second kappa shape index (κ2) is 15.4. The van der Waals surface area contributed by atoms with Crippen molar-refractivity contribution < 1.29 is 37.9 Å². The topological polar surface area (TPSA) is 136 Å². The molecule has 0 aromatic heterocycles. The third-order valence-corrected chi connectivity index (χ3v) is 12.3. The molecule has 1 saturated heterocycles. The Morgan fingerprint density at radius 1 is 1.04 bits per heavy atom. The minimum absolute atomic E-state index is 0.00833. The normalized spacial score (nSPS) is 25.2. The molecule has 3 atom stereocenters. The first-order chi connectivity index (χ1) is 21.8. The number of rotatable bonds is 9. The van der Waals surface area contributed by atoms with Gasteiger partial charge >= 0.3 is 5.97 Å². The van der Waals surface area contributed by atoms with Crippen molar-refractivity contribution in [2.45, 2.75) is 40.5 Å². The van der Waals surface area contributed by atoms with Crippen molar-refractivity contribution in [3.8, 4) is 0 Å². The maximum atomic E-state index is 13.2. The lowest BCUT2D eigenvalue weighted by molar-refractivity contribution is -0.906. The summed E-state index contributed by atoms with van der Waals surface area (Å²) in [5, 5.41) is 16.7. The van der Waals surface area contributed by atoms with E-state index in [4.69, 9.17) is 28.3 Å². The second-order valence-corrected chi connectivity index (χ2v) is 15.2. The standard InChI is InChI=1S/C30H34Cl2N2O3S.C4H4O4/c1-33(29(35)22-7-3-2-4-8-22)20-24(23-11-12-27(31)28(32)19-23)13-16-34-17-14-30(15-18-34)26-10-6-5-9-25(26)21-38(30,36)37;5-3(6)1-2-4(7)8/h2-12,19,24,27-28H,13-18,20-21H2,1H3;1-2H,(H,5,6)(H,7,8)/b;2-1+. The monoisotopic (exact) mass is 688 g/mol. The summed E-state index contributed by atoms with van der Waals surface area (Å²) < 4.78 is 25.8. The molecule has 9 nitrogen and oxygen atoms in total. The number of hydrogen-bond donors (Lipinski definition) is 2. The van der Waals surface area contributed by atoms with Crippen LogP contribution in [0.2, 0.25) is 0 Å². The summed E-state index contributed by atoms with van der Waals surface area (Å²) in [7, 11) is -1.36. The number of quaternary nitrogens is 1. The molecule has 1 amide bonds. The number of hydrogen-bond acceptors (Lipinski definition) is 6. The maximum Gasteiger partial charge on any atom is 0.328 e. The number of halogens is 2. The van der Waals surface area contributed by atoms with E-state index >= 15 is 0 Å². The van der Waals surface area contributed by atoms with Crippen molar-refractivity contribution in [1.29, 1.82) is 0 Å². The molecule has 2 heterocycles. The van der Waals surface area contributed by atoms with E-state index in [1.165, 1.54) is 4.90 Å². The van der Waals surface area contributed by atoms with Gasteiger partial charge in [-0.25, -0.2) is 13.2 Å². The minimum atomic E-state index is -3.21. The van der Waals surface area contributed by atoms with Gasteiger partial charge in [0.1, 0.15) is 4.75 Å². The van der Waals surface area contributed by atoms with Crippen LogP contribution in [-0.2, 0) is 29.9 Å². The predicted octanol–water partition coefficient (Wildman–Crippen LogP) is 2.36. The number of amides is 1. The number of carboxylic acid groups (broad SMARTS) is 2. The summed E-state index contributed by atoms with van der Waals surface area (Å²) in [5.41, 5.74) is 3.75. The fourth-order valence-electron chi connectivity index (χ4n) is 6.45. The molecule has 5 rings (SSSR count). The summed E-state index contributed by atoms with van der Waals surface area (Å²) >= 11 is 12.8. The number of nitrogens with zero attached hydrogens (tertiary/aromatic N) is 1. The summed E-state index contributed by atoms with van der Waals surface area (Å²) in [5.74, 6) is -2.55. The Kier molecular flexibility index (Phi) is 11.9. The number of carbonyl (C=O) groups excluding carboxylic acids is 2. The third-order valence-electron chi connectivity index (χ3n) is 8.88. The molecule has 1 spiro atoms. The van der Waals surface area contributed by atoms with Gasteiger partial charge in [-0.05, 0) is 34.9 Å². The molecule has 3 unspecified atom stereocenters. The Labute approximate surface area is 279 Å². The van der Waals surface area contributed by atoms with E-state index < -0.39 is 26.5 Å². The van der Waals surface area contributed by atoms with E-state index in [0.29, 0.717) is 37.1 Å². The number of benzene rings is 2. The zero-order chi connectivity index (χ0) is 33.5. The van der Waals surface area contributed by atoms with Gasteiger partial charge in [-0.15, -0.1) is 23.2 Å². The number of nitrogens with one attached hydrogen (secondary N) is 1. The summed E-state index contributed by atoms with van der Waals surface area (Å²) in [6, 6.07) is 17.2. The molecule has 46 heavy (non-hydrogen) atoms. The summed E-state index contributed by atoms with van der Waals surface area (Å²) in [6.45, 7) is 3.10. The van der Waals surface area contributed by atoms with E-state index in [1.807, 2.05) is 79.9 Å². The first kappa shape index (κ1) is 35.4. The Hall–Kier alpha value is -3.44. The number of fused-ring (bicyclic) bond motifs is 2. The summed E-state index contributed by atoms with van der Waals surface area (Å²) in [4.78, 5) is 35.2. The van der Waals surface area contributed by atoms with E-state index in [1.54, 1.807) is 4.90 Å². The van der Waals surface area contributed by atoms with Crippen LogP contribution in [-0.4, -0.2) is 80.3 Å². The van der Waals surface area contributed by atoms with Crippen LogP contribution >= 0.6 is 23.2 Å². The van der Waals surface area contributed by atoms with Gasteiger partial charge in [0.25, 0.3) is 5.91 Å². The predicted molar refractivity (Wildman–Crippen MR) is 175 cm³/mol. The van der Waals surface area contributed by atoms with Gasteiger partial charge in [-0.2, -0.15) is 0 Å². The maximum absolute atomic E-state index is 13.2. The number of sulfone groups is 1. The lowest BCUT2D eigenvalue weighted by Crippen LogP contribution is -3.13. The van der Waals surface area contributed by atoms with Crippen LogP contribution in [0, 0.1) is 5.92 Å². The highest BCUT2D eigenvalue weighted by molar-refractivity contribution is 7.92. The molecular weight excluding hydrogens is 651 g/mol. The lowest BCUT2D eigenvalue weighted by Gasteiger charge is -2.37. The number of carboxylic acids is 2. The van der Waals surface area contributed by atoms with Crippen molar-refractivity contribution >= 4 is 50.9 Å². The van der Waals surface area contributed by atoms with Crippen molar-refractivity contribution in [1.82, 2.24) is 4.90 Å². The van der Waals surface area contributed by atoms with Gasteiger partial charge in [0.2, 0.25) is 0 Å². The zero-order valence-corrected chi connectivity index (χ0v) is 27.8. The molecule has 2 aromatic rings. The first-order valence-electron chi connectivity index (χ1n) is 15.1. The van der Waals surface area contributed by atoms with Gasteiger partial charge in [0.15, 0.2) is 9.84 Å². The molecule has 0 radical (unpaired) electrons. The number of piperidine rings is 1. The average molecular weight is 690 g/mol. The van der Waals surface area contributed by atoms with Crippen molar-refractivity contribution in [2.24, 2.45) is 5.92 Å².